The molecule has 0 bridgehead atoms. The first-order valence-corrected chi connectivity index (χ1v) is 5.54. The van der Waals surface area contributed by atoms with E-state index in [1.807, 2.05) is 24.3 Å². The highest BCUT2D eigenvalue weighted by Gasteiger charge is 2.52. The zero-order valence-corrected chi connectivity index (χ0v) is 8.98. The second-order valence-corrected chi connectivity index (χ2v) is 4.53. The van der Waals surface area contributed by atoms with E-state index in [0.29, 0.717) is 12.3 Å². The number of nitrogens with two attached hydrogens (primary N) is 1. The predicted octanol–water partition coefficient (Wildman–Crippen LogP) is 2.15. The summed E-state index contributed by atoms with van der Waals surface area (Å²) in [4.78, 5) is 13.5. The van der Waals surface area contributed by atoms with Gasteiger partial charge in [0, 0.05) is 0 Å². The summed E-state index contributed by atoms with van der Waals surface area (Å²) in [6, 6.07) is 7.45. The SMILES string of the molecule is Nc1ccccc1N1C(=O)OCC12CCC2. The molecule has 2 aliphatic rings. The molecule has 2 N–H and O–H groups in total. The molecule has 0 radical (unpaired) electrons. The van der Waals surface area contributed by atoms with Gasteiger partial charge in [-0.3, -0.25) is 4.90 Å². The van der Waals surface area contributed by atoms with E-state index in [-0.39, 0.29) is 11.6 Å². The Kier molecular flexibility index (Phi) is 1.87. The lowest BCUT2D eigenvalue weighted by Crippen LogP contribution is -2.52. The Morgan fingerprint density at radius 2 is 2.06 bits per heavy atom. The maximum atomic E-state index is 11.8. The third-order valence-corrected chi connectivity index (χ3v) is 3.58. The highest BCUT2D eigenvalue weighted by atomic mass is 16.6. The van der Waals surface area contributed by atoms with Crippen molar-refractivity contribution in [2.75, 3.05) is 17.2 Å². The normalized spacial score (nSPS) is 22.0. The summed E-state index contributed by atoms with van der Waals surface area (Å²) in [5, 5.41) is 0. The fraction of sp³-hybridized carbons (Fsp3) is 0.417. The van der Waals surface area contributed by atoms with E-state index in [9.17, 15) is 4.79 Å². The average Bonchev–Trinajstić information content (AvgIpc) is 2.57. The molecule has 16 heavy (non-hydrogen) atoms. The number of carbonyl (C=O) groups is 1. The number of anilines is 2. The quantitative estimate of drug-likeness (QED) is 0.735. The smallest absolute Gasteiger partial charge is 0.415 e. The second-order valence-electron chi connectivity index (χ2n) is 4.53. The van der Waals surface area contributed by atoms with Crippen LogP contribution in [0.1, 0.15) is 19.3 Å². The fourth-order valence-electron chi connectivity index (χ4n) is 2.52. The number of benzene rings is 1. The van der Waals surface area contributed by atoms with Crippen LogP contribution in [0.2, 0.25) is 0 Å². The molecule has 1 aliphatic heterocycles. The van der Waals surface area contributed by atoms with Crippen LogP contribution in [0.3, 0.4) is 0 Å². The molecule has 1 aromatic rings. The number of rotatable bonds is 1. The van der Waals surface area contributed by atoms with Crippen molar-refractivity contribution in [2.24, 2.45) is 0 Å². The molecule has 0 atom stereocenters. The lowest BCUT2D eigenvalue weighted by molar-refractivity contribution is 0.154. The average molecular weight is 218 g/mol. The largest absolute Gasteiger partial charge is 0.447 e. The maximum absolute atomic E-state index is 11.8. The van der Waals surface area contributed by atoms with Gasteiger partial charge in [0.1, 0.15) is 6.61 Å². The Morgan fingerprint density at radius 1 is 1.31 bits per heavy atom. The number of ether oxygens (including phenoxy) is 1. The van der Waals surface area contributed by atoms with Crippen molar-refractivity contribution >= 4 is 17.5 Å². The van der Waals surface area contributed by atoms with E-state index in [1.54, 1.807) is 4.90 Å². The third kappa shape index (κ3) is 1.13. The van der Waals surface area contributed by atoms with Crippen LogP contribution in [0.5, 0.6) is 0 Å². The van der Waals surface area contributed by atoms with E-state index >= 15 is 0 Å². The number of cyclic esters (lactones) is 1. The Labute approximate surface area is 94.0 Å². The van der Waals surface area contributed by atoms with E-state index < -0.39 is 0 Å². The number of carbonyl (C=O) groups excluding carboxylic acids is 1. The third-order valence-electron chi connectivity index (χ3n) is 3.58. The molecule has 2 fully saturated rings. The molecule has 1 amide bonds. The Bertz CT molecular complexity index is 440. The number of hydrogen-bond donors (Lipinski definition) is 1. The molecule has 84 valence electrons. The minimum atomic E-state index is -0.266. The van der Waals surface area contributed by atoms with Crippen molar-refractivity contribution in [3.05, 3.63) is 24.3 Å². The number of nitrogen functional groups attached to an aromatic ring is 1. The van der Waals surface area contributed by atoms with Gasteiger partial charge in [-0.2, -0.15) is 0 Å². The van der Waals surface area contributed by atoms with Crippen LogP contribution in [0, 0.1) is 0 Å². The summed E-state index contributed by atoms with van der Waals surface area (Å²) in [5.74, 6) is 0. The molecular weight excluding hydrogens is 204 g/mol. The van der Waals surface area contributed by atoms with Crippen molar-refractivity contribution in [1.82, 2.24) is 0 Å². The first-order valence-electron chi connectivity index (χ1n) is 5.54. The van der Waals surface area contributed by atoms with Gasteiger partial charge in [-0.1, -0.05) is 12.1 Å². The van der Waals surface area contributed by atoms with Gasteiger partial charge in [0.25, 0.3) is 0 Å². The van der Waals surface area contributed by atoms with Gasteiger partial charge in [-0.15, -0.1) is 0 Å². The molecule has 4 heteroatoms. The summed E-state index contributed by atoms with van der Waals surface area (Å²) in [5.41, 5.74) is 7.21. The summed E-state index contributed by atoms with van der Waals surface area (Å²) in [6.07, 6.45) is 2.90. The van der Waals surface area contributed by atoms with Gasteiger partial charge >= 0.3 is 6.09 Å². The minimum absolute atomic E-state index is 0.118. The van der Waals surface area contributed by atoms with E-state index in [0.717, 1.165) is 24.9 Å². The summed E-state index contributed by atoms with van der Waals surface area (Å²) < 4.78 is 5.16. The molecule has 1 aromatic carbocycles. The zero-order chi connectivity index (χ0) is 11.2. The molecule has 1 saturated carbocycles. The van der Waals surface area contributed by atoms with Crippen molar-refractivity contribution in [3.63, 3.8) is 0 Å². The van der Waals surface area contributed by atoms with Gasteiger partial charge < -0.3 is 10.5 Å². The van der Waals surface area contributed by atoms with Crippen LogP contribution in [0.25, 0.3) is 0 Å². The topological polar surface area (TPSA) is 55.6 Å². The fourth-order valence-corrected chi connectivity index (χ4v) is 2.52. The molecule has 1 aliphatic carbocycles. The monoisotopic (exact) mass is 218 g/mol. The zero-order valence-electron chi connectivity index (χ0n) is 8.98. The van der Waals surface area contributed by atoms with E-state index in [2.05, 4.69) is 0 Å². The number of para-hydroxylation sites is 2. The highest BCUT2D eigenvalue weighted by Crippen LogP contribution is 2.45. The molecular formula is C12H14N2O2. The molecule has 4 nitrogen and oxygen atoms in total. The van der Waals surface area contributed by atoms with E-state index in [1.165, 1.54) is 0 Å². The van der Waals surface area contributed by atoms with Crippen molar-refractivity contribution < 1.29 is 9.53 Å². The lowest BCUT2D eigenvalue weighted by atomic mass is 9.76. The van der Waals surface area contributed by atoms with Crippen LogP contribution in [0.15, 0.2) is 24.3 Å². The molecule has 1 saturated heterocycles. The Hall–Kier alpha value is -1.71. The van der Waals surface area contributed by atoms with Crippen LogP contribution in [-0.2, 0) is 4.74 Å². The first kappa shape index (κ1) is 9.51. The second kappa shape index (κ2) is 3.14. The van der Waals surface area contributed by atoms with Crippen LogP contribution in [-0.4, -0.2) is 18.2 Å². The van der Waals surface area contributed by atoms with E-state index in [4.69, 9.17) is 10.5 Å². The molecule has 1 spiro atoms. The number of hydrogen-bond acceptors (Lipinski definition) is 3. The van der Waals surface area contributed by atoms with Gasteiger partial charge in [0.15, 0.2) is 0 Å². The molecule has 3 rings (SSSR count). The summed E-state index contributed by atoms with van der Waals surface area (Å²) >= 11 is 0. The van der Waals surface area contributed by atoms with Crippen LogP contribution in [0.4, 0.5) is 16.2 Å². The number of amides is 1. The Morgan fingerprint density at radius 3 is 2.69 bits per heavy atom. The summed E-state index contributed by atoms with van der Waals surface area (Å²) in [6.45, 7) is 0.500. The Balaban J connectivity index is 2.04. The molecule has 1 heterocycles. The standard InChI is InChI=1S/C12H14N2O2/c13-9-4-1-2-5-10(9)14-11(15)16-8-12(14)6-3-7-12/h1-2,4-5H,3,6-8,13H2. The maximum Gasteiger partial charge on any atom is 0.415 e. The first-order chi connectivity index (χ1) is 7.73. The van der Waals surface area contributed by atoms with Crippen LogP contribution < -0.4 is 10.6 Å². The molecule has 0 aromatic heterocycles. The highest BCUT2D eigenvalue weighted by molar-refractivity contribution is 5.95. The minimum Gasteiger partial charge on any atom is -0.447 e. The van der Waals surface area contributed by atoms with Gasteiger partial charge in [-0.05, 0) is 31.4 Å². The van der Waals surface area contributed by atoms with Gasteiger partial charge in [0.2, 0.25) is 0 Å². The molecule has 0 unspecified atom stereocenters. The van der Waals surface area contributed by atoms with Crippen molar-refractivity contribution in [2.45, 2.75) is 24.8 Å². The number of nitrogens with zero attached hydrogens (tertiary/aromatic N) is 1. The van der Waals surface area contributed by atoms with Crippen LogP contribution >= 0.6 is 0 Å². The van der Waals surface area contributed by atoms with Gasteiger partial charge in [-0.25, -0.2) is 4.79 Å². The van der Waals surface area contributed by atoms with Crippen molar-refractivity contribution in [3.8, 4) is 0 Å². The lowest BCUT2D eigenvalue weighted by Gasteiger charge is -2.42. The summed E-state index contributed by atoms with van der Waals surface area (Å²) in [7, 11) is 0. The van der Waals surface area contributed by atoms with Crippen molar-refractivity contribution in [1.29, 1.82) is 0 Å². The predicted molar refractivity (Wildman–Crippen MR) is 61.3 cm³/mol. The van der Waals surface area contributed by atoms with Gasteiger partial charge in [0.05, 0.1) is 16.9 Å².